The number of aliphatic hydroxyl groups is 2. The lowest BCUT2D eigenvalue weighted by Gasteiger charge is -2.61. The van der Waals surface area contributed by atoms with Crippen molar-refractivity contribution in [2.45, 2.75) is 90.4 Å². The smallest absolute Gasteiger partial charge is 0.303 e. The molecule has 0 radical (unpaired) electrons. The monoisotopic (exact) mass is 448 g/mol. The van der Waals surface area contributed by atoms with E-state index in [9.17, 15) is 24.6 Å². The van der Waals surface area contributed by atoms with E-state index in [-0.39, 0.29) is 35.6 Å². The molecule has 2 N–H and O–H groups in total. The fraction of sp³-hybridized carbons (Fsp3) is 0.800. The number of carbonyl (C=O) groups is 3. The fourth-order valence-electron chi connectivity index (χ4n) is 7.92. The number of rotatable bonds is 4. The van der Waals surface area contributed by atoms with E-state index in [4.69, 9.17) is 9.47 Å². The Balaban J connectivity index is 1.67. The average Bonchev–Trinajstić information content (AvgIpc) is 2.96. The second-order valence-corrected chi connectivity index (χ2v) is 10.9. The van der Waals surface area contributed by atoms with Crippen LogP contribution in [0.2, 0.25) is 0 Å². The summed E-state index contributed by atoms with van der Waals surface area (Å²) in [5.41, 5.74) is -1.12. The zero-order valence-corrected chi connectivity index (χ0v) is 19.6. The third-order valence-electron chi connectivity index (χ3n) is 9.39. The van der Waals surface area contributed by atoms with Crippen LogP contribution in [-0.4, -0.2) is 52.4 Å². The summed E-state index contributed by atoms with van der Waals surface area (Å²) in [6.45, 7) is 6.55. The molecule has 0 saturated heterocycles. The van der Waals surface area contributed by atoms with Crippen molar-refractivity contribution in [2.24, 2.45) is 28.6 Å². The van der Waals surface area contributed by atoms with Gasteiger partial charge in [0, 0.05) is 25.7 Å². The van der Waals surface area contributed by atoms with Crippen LogP contribution in [0.4, 0.5) is 0 Å². The minimum atomic E-state index is -1.40. The number of fused-ring (bicyclic) bond motifs is 5. The number of hydrogen-bond donors (Lipinski definition) is 2. The Morgan fingerprint density at radius 1 is 1.16 bits per heavy atom. The highest BCUT2D eigenvalue weighted by Crippen LogP contribution is 2.68. The third-order valence-corrected chi connectivity index (χ3v) is 9.39. The molecule has 4 aliphatic rings. The highest BCUT2D eigenvalue weighted by Gasteiger charge is 2.68. The molecular weight excluding hydrogens is 412 g/mol. The SMILES string of the molecule is CC(=O)OC[C@H](OC(C)=O)[C@@]1(O)CC[C@@H]2[C@@H]3CCC4=CC(=O)CC[C@]4(C)[C@H]3[C@@H](O)C[C@@]21C. The van der Waals surface area contributed by atoms with Crippen LogP contribution in [0, 0.1) is 28.6 Å². The molecule has 3 fully saturated rings. The molecule has 0 spiro atoms. The van der Waals surface area contributed by atoms with Crippen molar-refractivity contribution in [3.8, 4) is 0 Å². The predicted octanol–water partition coefficient (Wildman–Crippen LogP) is 2.72. The molecule has 32 heavy (non-hydrogen) atoms. The van der Waals surface area contributed by atoms with Gasteiger partial charge in [0.1, 0.15) is 12.2 Å². The first-order valence-corrected chi connectivity index (χ1v) is 11.9. The maximum atomic E-state index is 12.0. The molecule has 178 valence electrons. The molecule has 4 aliphatic carbocycles. The first kappa shape index (κ1) is 23.4. The van der Waals surface area contributed by atoms with Crippen molar-refractivity contribution in [3.63, 3.8) is 0 Å². The van der Waals surface area contributed by atoms with Crippen LogP contribution in [0.1, 0.15) is 72.6 Å². The number of hydrogen-bond acceptors (Lipinski definition) is 7. The summed E-state index contributed by atoms with van der Waals surface area (Å²) in [5.74, 6) is -0.468. The molecule has 7 heteroatoms. The molecule has 0 aromatic heterocycles. The first-order chi connectivity index (χ1) is 14.9. The van der Waals surface area contributed by atoms with E-state index < -0.39 is 35.2 Å². The summed E-state index contributed by atoms with van der Waals surface area (Å²) >= 11 is 0. The second kappa shape index (κ2) is 7.94. The molecule has 0 amide bonds. The van der Waals surface area contributed by atoms with Gasteiger partial charge in [0.05, 0.1) is 6.10 Å². The Labute approximate surface area is 189 Å². The van der Waals surface area contributed by atoms with E-state index in [2.05, 4.69) is 6.92 Å². The summed E-state index contributed by atoms with van der Waals surface area (Å²) in [6.07, 6.45) is 4.71. The van der Waals surface area contributed by atoms with Crippen LogP contribution in [-0.2, 0) is 23.9 Å². The van der Waals surface area contributed by atoms with Crippen molar-refractivity contribution < 1.29 is 34.1 Å². The Bertz CT molecular complexity index is 849. The molecule has 0 aromatic rings. The summed E-state index contributed by atoms with van der Waals surface area (Å²) in [7, 11) is 0. The molecular formula is C25H36O7. The Kier molecular flexibility index (Phi) is 5.82. The van der Waals surface area contributed by atoms with E-state index in [1.54, 1.807) is 6.08 Å². The summed E-state index contributed by atoms with van der Waals surface area (Å²) < 4.78 is 10.7. The predicted molar refractivity (Wildman–Crippen MR) is 115 cm³/mol. The van der Waals surface area contributed by atoms with Gasteiger partial charge in [-0.15, -0.1) is 0 Å². The molecule has 0 unspecified atom stereocenters. The van der Waals surface area contributed by atoms with Gasteiger partial charge < -0.3 is 19.7 Å². The van der Waals surface area contributed by atoms with Crippen molar-refractivity contribution >= 4 is 17.7 Å². The molecule has 0 aliphatic heterocycles. The normalized spacial score (nSPS) is 43.9. The van der Waals surface area contributed by atoms with E-state index in [1.807, 2.05) is 6.92 Å². The lowest BCUT2D eigenvalue weighted by molar-refractivity contribution is -0.220. The summed E-state index contributed by atoms with van der Waals surface area (Å²) in [5, 5.41) is 23.5. The van der Waals surface area contributed by atoms with Crippen LogP contribution in [0.15, 0.2) is 11.6 Å². The zero-order valence-electron chi connectivity index (χ0n) is 19.6. The number of aliphatic hydroxyl groups excluding tert-OH is 1. The fourth-order valence-corrected chi connectivity index (χ4v) is 7.92. The maximum absolute atomic E-state index is 12.0. The van der Waals surface area contributed by atoms with Crippen LogP contribution in [0.25, 0.3) is 0 Å². The van der Waals surface area contributed by atoms with Gasteiger partial charge in [0.2, 0.25) is 0 Å². The topological polar surface area (TPSA) is 110 Å². The molecule has 8 atom stereocenters. The molecule has 3 saturated carbocycles. The van der Waals surface area contributed by atoms with Gasteiger partial charge in [-0.2, -0.15) is 0 Å². The summed E-state index contributed by atoms with van der Waals surface area (Å²) in [6, 6.07) is 0. The van der Waals surface area contributed by atoms with Gasteiger partial charge in [-0.1, -0.05) is 19.4 Å². The molecule has 7 nitrogen and oxygen atoms in total. The standard InChI is InChI=1S/C25H36O7/c1-14(26)31-13-21(32-15(2)27)25(30)10-8-19-18-6-5-16-11-17(28)7-9-23(16,3)22(18)20(29)12-24(19,25)4/h11,18-22,29-30H,5-10,12-13H2,1-4H3/t18-,19+,20-,21-,22+,23-,24-,25-/m0/s1. The van der Waals surface area contributed by atoms with Crippen LogP contribution in [0.3, 0.4) is 0 Å². The summed E-state index contributed by atoms with van der Waals surface area (Å²) in [4.78, 5) is 35.3. The maximum Gasteiger partial charge on any atom is 0.303 e. The van der Waals surface area contributed by atoms with E-state index in [0.29, 0.717) is 19.3 Å². The van der Waals surface area contributed by atoms with Crippen LogP contribution in [0.5, 0.6) is 0 Å². The van der Waals surface area contributed by atoms with E-state index >= 15 is 0 Å². The van der Waals surface area contributed by atoms with Gasteiger partial charge in [-0.25, -0.2) is 0 Å². The minimum absolute atomic E-state index is 0.0386. The second-order valence-electron chi connectivity index (χ2n) is 10.9. The number of carbonyl (C=O) groups excluding carboxylic acids is 3. The number of ether oxygens (including phenoxy) is 2. The van der Waals surface area contributed by atoms with Crippen LogP contribution < -0.4 is 0 Å². The van der Waals surface area contributed by atoms with E-state index in [0.717, 1.165) is 25.7 Å². The van der Waals surface area contributed by atoms with Crippen molar-refractivity contribution in [2.75, 3.05) is 6.61 Å². The van der Waals surface area contributed by atoms with Crippen molar-refractivity contribution in [1.82, 2.24) is 0 Å². The highest BCUT2D eigenvalue weighted by molar-refractivity contribution is 5.91. The van der Waals surface area contributed by atoms with Gasteiger partial charge >= 0.3 is 11.9 Å². The lowest BCUT2D eigenvalue weighted by atomic mass is 9.45. The van der Waals surface area contributed by atoms with Crippen molar-refractivity contribution in [1.29, 1.82) is 0 Å². The number of esters is 2. The largest absolute Gasteiger partial charge is 0.462 e. The van der Waals surface area contributed by atoms with Gasteiger partial charge in [-0.05, 0) is 67.8 Å². The van der Waals surface area contributed by atoms with Gasteiger partial charge in [-0.3, -0.25) is 14.4 Å². The van der Waals surface area contributed by atoms with Crippen molar-refractivity contribution in [3.05, 3.63) is 11.6 Å². The molecule has 0 aromatic carbocycles. The number of allylic oxidation sites excluding steroid dienone is 1. The molecule has 0 bridgehead atoms. The quantitative estimate of drug-likeness (QED) is 0.636. The average molecular weight is 449 g/mol. The van der Waals surface area contributed by atoms with Gasteiger partial charge in [0.25, 0.3) is 0 Å². The first-order valence-electron chi connectivity index (χ1n) is 11.9. The Morgan fingerprint density at radius 3 is 2.53 bits per heavy atom. The Hall–Kier alpha value is -1.73. The van der Waals surface area contributed by atoms with Gasteiger partial charge in [0.15, 0.2) is 11.9 Å². The number of ketones is 1. The lowest BCUT2D eigenvalue weighted by Crippen LogP contribution is -2.63. The third kappa shape index (κ3) is 3.43. The molecule has 0 heterocycles. The van der Waals surface area contributed by atoms with E-state index in [1.165, 1.54) is 19.4 Å². The minimum Gasteiger partial charge on any atom is -0.462 e. The zero-order chi connectivity index (χ0) is 23.5. The highest BCUT2D eigenvalue weighted by atomic mass is 16.6. The van der Waals surface area contributed by atoms with Crippen LogP contribution >= 0.6 is 0 Å². The Morgan fingerprint density at radius 2 is 1.88 bits per heavy atom. The molecule has 4 rings (SSSR count).